The molecule has 0 rings (SSSR count). The molecule has 0 aliphatic carbocycles. The molecule has 2 unspecified atom stereocenters. The Kier molecular flexibility index (Phi) is 21.1. The smallest absolute Gasteiger partial charge is 0.319 e. The van der Waals surface area contributed by atoms with E-state index in [-0.39, 0.29) is 17.1 Å². The number of hydrogen-bond acceptors (Lipinski definition) is 4. The maximum absolute atomic E-state index is 12.7. The number of unbranched alkanes of at least 4 members (excludes halogenated alkanes) is 12. The molecule has 0 aromatic carbocycles. The van der Waals surface area contributed by atoms with Crippen LogP contribution in [0.15, 0.2) is 0 Å². The van der Waals surface area contributed by atoms with Crippen molar-refractivity contribution in [3.8, 4) is 0 Å². The van der Waals surface area contributed by atoms with Crippen molar-refractivity contribution < 1.29 is 19.4 Å². The number of ether oxygens (including phenoxy) is 1. The molecule has 0 fully saturated rings. The Hall–Kier alpha value is -0.710. The van der Waals surface area contributed by atoms with Gasteiger partial charge in [0.15, 0.2) is 0 Å². The van der Waals surface area contributed by atoms with Crippen LogP contribution in [0.4, 0.5) is 0 Å². The summed E-state index contributed by atoms with van der Waals surface area (Å²) >= 11 is 1.66. The predicted molar refractivity (Wildman–Crippen MR) is 148 cm³/mol. The molecule has 0 aliphatic heterocycles. The van der Waals surface area contributed by atoms with Gasteiger partial charge in [-0.2, -0.15) is 0 Å². The van der Waals surface area contributed by atoms with Gasteiger partial charge in [0.2, 0.25) is 0 Å². The number of esters is 1. The molecule has 0 radical (unpaired) electrons. The van der Waals surface area contributed by atoms with Crippen LogP contribution in [-0.2, 0) is 14.3 Å². The fourth-order valence-corrected chi connectivity index (χ4v) is 5.34. The lowest BCUT2D eigenvalue weighted by Gasteiger charge is -2.24. The van der Waals surface area contributed by atoms with Crippen molar-refractivity contribution in [1.82, 2.24) is 0 Å². The molecule has 0 heterocycles. The minimum atomic E-state index is -0.682. The van der Waals surface area contributed by atoms with Crippen LogP contribution >= 0.6 is 11.8 Å². The molecule has 0 bridgehead atoms. The van der Waals surface area contributed by atoms with E-state index < -0.39 is 11.6 Å². The third-order valence-electron chi connectivity index (χ3n) is 6.26. The highest BCUT2D eigenvalue weighted by Crippen LogP contribution is 2.25. The quantitative estimate of drug-likeness (QED) is 0.112. The summed E-state index contributed by atoms with van der Waals surface area (Å²) in [4.78, 5) is 24.2. The Bertz CT molecular complexity index is 501. The van der Waals surface area contributed by atoms with Gasteiger partial charge in [-0.15, -0.1) is 11.8 Å². The third kappa shape index (κ3) is 20.6. The molecule has 4 nitrogen and oxygen atoms in total. The van der Waals surface area contributed by atoms with Crippen LogP contribution in [0.1, 0.15) is 150 Å². The Morgan fingerprint density at radius 3 is 1.65 bits per heavy atom. The number of rotatable bonds is 23. The van der Waals surface area contributed by atoms with Crippen molar-refractivity contribution in [2.24, 2.45) is 5.92 Å². The van der Waals surface area contributed by atoms with Crippen LogP contribution in [0.25, 0.3) is 0 Å². The van der Waals surface area contributed by atoms with E-state index in [1.54, 1.807) is 11.8 Å². The summed E-state index contributed by atoms with van der Waals surface area (Å²) in [5.41, 5.74) is -0.471. The van der Waals surface area contributed by atoms with E-state index in [1.807, 2.05) is 20.8 Å². The molecule has 0 spiro atoms. The number of carboxylic acid groups (broad SMARTS) is 1. The number of carbonyl (C=O) groups is 2. The molecule has 5 heteroatoms. The standard InChI is InChI=1S/C29H56O4S/c1-6-8-10-11-12-13-14-15-16-17-18-19-23-26(28(32)33-29(3,4)5)34-24-20-22-25(27(30)31)21-9-7-2/h25-26H,6-24H2,1-5H3,(H,30,31). The van der Waals surface area contributed by atoms with E-state index in [9.17, 15) is 14.7 Å². The van der Waals surface area contributed by atoms with Gasteiger partial charge in [-0.1, -0.05) is 104 Å². The molecule has 2 atom stereocenters. The molecule has 34 heavy (non-hydrogen) atoms. The zero-order valence-corrected chi connectivity index (χ0v) is 24.0. The van der Waals surface area contributed by atoms with Gasteiger partial charge in [0, 0.05) is 0 Å². The normalized spacial score (nSPS) is 13.6. The van der Waals surface area contributed by atoms with E-state index in [2.05, 4.69) is 13.8 Å². The van der Waals surface area contributed by atoms with Gasteiger partial charge in [-0.05, 0) is 52.2 Å². The fourth-order valence-electron chi connectivity index (χ4n) is 4.20. The maximum Gasteiger partial charge on any atom is 0.319 e. The lowest BCUT2D eigenvalue weighted by molar-refractivity contribution is -0.154. The van der Waals surface area contributed by atoms with Crippen LogP contribution in [0, 0.1) is 5.92 Å². The summed E-state index contributed by atoms with van der Waals surface area (Å²) in [6, 6.07) is 0. The van der Waals surface area contributed by atoms with Gasteiger partial charge in [0.25, 0.3) is 0 Å². The summed E-state index contributed by atoms with van der Waals surface area (Å²) in [6.07, 6.45) is 20.9. The van der Waals surface area contributed by atoms with E-state index in [0.29, 0.717) is 6.42 Å². The molecule has 1 N–H and O–H groups in total. The van der Waals surface area contributed by atoms with Gasteiger partial charge in [-0.3, -0.25) is 9.59 Å². The van der Waals surface area contributed by atoms with Crippen LogP contribution < -0.4 is 0 Å². The molecule has 202 valence electrons. The largest absolute Gasteiger partial charge is 0.481 e. The van der Waals surface area contributed by atoms with Crippen LogP contribution in [0.5, 0.6) is 0 Å². The summed E-state index contributed by atoms with van der Waals surface area (Å²) in [5.74, 6) is -0.227. The van der Waals surface area contributed by atoms with E-state index in [4.69, 9.17) is 4.74 Å². The van der Waals surface area contributed by atoms with Crippen molar-refractivity contribution in [2.75, 3.05) is 5.75 Å². The minimum Gasteiger partial charge on any atom is -0.481 e. The predicted octanol–water partition coefficient (Wildman–Crippen LogP) is 9.19. The Labute approximate surface area is 215 Å². The molecule has 0 aromatic rings. The Morgan fingerprint density at radius 2 is 1.18 bits per heavy atom. The molecule has 0 saturated heterocycles. The highest BCUT2D eigenvalue weighted by atomic mass is 32.2. The zero-order valence-electron chi connectivity index (χ0n) is 23.2. The van der Waals surface area contributed by atoms with Crippen molar-refractivity contribution >= 4 is 23.7 Å². The molecule has 0 amide bonds. The number of carbonyl (C=O) groups excluding carboxylic acids is 1. The number of thioether (sulfide) groups is 1. The second-order valence-electron chi connectivity index (χ2n) is 10.9. The SMILES string of the molecule is CCCCCCCCCCCCCCC(SCCCC(CCCC)C(=O)O)C(=O)OC(C)(C)C. The van der Waals surface area contributed by atoms with Gasteiger partial charge < -0.3 is 9.84 Å². The molecular formula is C29H56O4S. The fraction of sp³-hybridized carbons (Fsp3) is 0.931. The first-order chi connectivity index (χ1) is 16.2. The van der Waals surface area contributed by atoms with Gasteiger partial charge >= 0.3 is 11.9 Å². The van der Waals surface area contributed by atoms with Crippen LogP contribution in [0.3, 0.4) is 0 Å². The lowest BCUT2D eigenvalue weighted by Crippen LogP contribution is -2.30. The van der Waals surface area contributed by atoms with Gasteiger partial charge in [0.05, 0.1) is 5.92 Å². The second-order valence-corrected chi connectivity index (χ2v) is 12.2. The average molecular weight is 501 g/mol. The Balaban J connectivity index is 4.20. The molecule has 0 aliphatic rings. The second kappa shape index (κ2) is 21.6. The highest BCUT2D eigenvalue weighted by Gasteiger charge is 2.25. The first-order valence-corrected chi connectivity index (χ1v) is 15.3. The van der Waals surface area contributed by atoms with Crippen molar-refractivity contribution in [3.05, 3.63) is 0 Å². The van der Waals surface area contributed by atoms with Crippen LogP contribution in [0.2, 0.25) is 0 Å². The van der Waals surface area contributed by atoms with Crippen molar-refractivity contribution in [2.45, 2.75) is 161 Å². The highest BCUT2D eigenvalue weighted by molar-refractivity contribution is 8.00. The monoisotopic (exact) mass is 500 g/mol. The third-order valence-corrected chi connectivity index (χ3v) is 7.62. The summed E-state index contributed by atoms with van der Waals surface area (Å²) in [6.45, 7) is 10.1. The lowest BCUT2D eigenvalue weighted by atomic mass is 9.97. The van der Waals surface area contributed by atoms with Gasteiger partial charge in [0.1, 0.15) is 10.9 Å². The molecular weight excluding hydrogens is 444 g/mol. The van der Waals surface area contributed by atoms with Crippen molar-refractivity contribution in [3.63, 3.8) is 0 Å². The number of aliphatic carboxylic acids is 1. The molecule has 0 aromatic heterocycles. The van der Waals surface area contributed by atoms with Gasteiger partial charge in [-0.25, -0.2) is 0 Å². The first kappa shape index (κ1) is 33.3. The topological polar surface area (TPSA) is 63.6 Å². The summed E-state index contributed by atoms with van der Waals surface area (Å²) in [7, 11) is 0. The van der Waals surface area contributed by atoms with Crippen molar-refractivity contribution in [1.29, 1.82) is 0 Å². The number of hydrogen-bond donors (Lipinski definition) is 1. The van der Waals surface area contributed by atoms with Crippen LogP contribution in [-0.4, -0.2) is 33.6 Å². The number of carboxylic acids is 1. The molecule has 0 saturated carbocycles. The van der Waals surface area contributed by atoms with E-state index in [0.717, 1.165) is 44.3 Å². The summed E-state index contributed by atoms with van der Waals surface area (Å²) < 4.78 is 5.67. The minimum absolute atomic E-state index is 0.110. The van der Waals surface area contributed by atoms with E-state index >= 15 is 0 Å². The zero-order chi connectivity index (χ0) is 25.7. The maximum atomic E-state index is 12.7. The average Bonchev–Trinajstić information content (AvgIpc) is 2.76. The Morgan fingerprint density at radius 1 is 0.706 bits per heavy atom. The first-order valence-electron chi connectivity index (χ1n) is 14.3. The van der Waals surface area contributed by atoms with E-state index in [1.165, 1.54) is 70.6 Å². The summed E-state index contributed by atoms with van der Waals surface area (Å²) in [5, 5.41) is 9.28.